The van der Waals surface area contributed by atoms with Crippen molar-refractivity contribution in [2.75, 3.05) is 18.8 Å². The molecule has 1 aliphatic rings. The van der Waals surface area contributed by atoms with E-state index in [0.29, 0.717) is 13.1 Å². The van der Waals surface area contributed by atoms with E-state index in [0.717, 1.165) is 30.1 Å². The Kier molecular flexibility index (Phi) is 4.20. The van der Waals surface area contributed by atoms with E-state index in [-0.39, 0.29) is 5.91 Å². The highest BCUT2D eigenvalue weighted by molar-refractivity contribution is 5.75. The van der Waals surface area contributed by atoms with E-state index in [2.05, 4.69) is 4.90 Å². The Bertz CT molecular complexity index is 415. The molecule has 0 saturated heterocycles. The third-order valence-electron chi connectivity index (χ3n) is 3.38. The van der Waals surface area contributed by atoms with E-state index in [1.807, 2.05) is 24.3 Å². The van der Waals surface area contributed by atoms with Crippen LogP contribution in [0.25, 0.3) is 0 Å². The number of benzene rings is 1. The van der Waals surface area contributed by atoms with Crippen LogP contribution in [-0.2, 0) is 11.3 Å². The first-order chi connectivity index (χ1) is 8.65. The van der Waals surface area contributed by atoms with Crippen molar-refractivity contribution < 1.29 is 4.79 Å². The lowest BCUT2D eigenvalue weighted by Gasteiger charge is -2.21. The van der Waals surface area contributed by atoms with Crippen LogP contribution in [0, 0.1) is 5.92 Å². The van der Waals surface area contributed by atoms with E-state index in [1.54, 1.807) is 0 Å². The molecule has 4 heteroatoms. The van der Waals surface area contributed by atoms with E-state index in [9.17, 15) is 4.79 Å². The lowest BCUT2D eigenvalue weighted by molar-refractivity contribution is -0.119. The Morgan fingerprint density at radius 1 is 1.33 bits per heavy atom. The van der Waals surface area contributed by atoms with Gasteiger partial charge in [0.1, 0.15) is 0 Å². The van der Waals surface area contributed by atoms with Gasteiger partial charge in [-0.2, -0.15) is 0 Å². The van der Waals surface area contributed by atoms with Gasteiger partial charge in [-0.25, -0.2) is 0 Å². The van der Waals surface area contributed by atoms with Gasteiger partial charge in [-0.05, 0) is 30.5 Å². The van der Waals surface area contributed by atoms with Gasteiger partial charge in [0.2, 0.25) is 5.91 Å². The van der Waals surface area contributed by atoms with Gasteiger partial charge in [0, 0.05) is 12.2 Å². The molecule has 1 aliphatic carbocycles. The lowest BCUT2D eigenvalue weighted by atomic mass is 10.1. The minimum absolute atomic E-state index is 0.278. The Hall–Kier alpha value is -1.55. The average molecular weight is 247 g/mol. The van der Waals surface area contributed by atoms with Crippen LogP contribution in [0.15, 0.2) is 24.3 Å². The van der Waals surface area contributed by atoms with Crippen molar-refractivity contribution in [1.82, 2.24) is 4.90 Å². The molecule has 1 aromatic rings. The minimum atomic E-state index is -0.278. The zero-order valence-corrected chi connectivity index (χ0v) is 10.6. The van der Waals surface area contributed by atoms with E-state index < -0.39 is 0 Å². The Balaban J connectivity index is 1.94. The van der Waals surface area contributed by atoms with Crippen LogP contribution >= 0.6 is 0 Å². The molecule has 1 aromatic carbocycles. The van der Waals surface area contributed by atoms with Crippen LogP contribution in [0.3, 0.4) is 0 Å². The summed E-state index contributed by atoms with van der Waals surface area (Å²) in [6.45, 7) is 1.92. The highest BCUT2D eigenvalue weighted by Crippen LogP contribution is 2.32. The van der Waals surface area contributed by atoms with Gasteiger partial charge in [-0.15, -0.1) is 0 Å². The Morgan fingerprint density at radius 3 is 2.67 bits per heavy atom. The molecule has 0 unspecified atom stereocenters. The molecule has 1 saturated carbocycles. The molecule has 0 bridgehead atoms. The van der Waals surface area contributed by atoms with Crippen LogP contribution < -0.4 is 11.5 Å². The summed E-state index contributed by atoms with van der Waals surface area (Å²) in [5, 5.41) is 0. The summed E-state index contributed by atoms with van der Waals surface area (Å²) in [7, 11) is 0. The quantitative estimate of drug-likeness (QED) is 0.714. The van der Waals surface area contributed by atoms with E-state index in [1.165, 1.54) is 12.8 Å². The predicted octanol–water partition coefficient (Wildman–Crippen LogP) is 1.36. The first-order valence-electron chi connectivity index (χ1n) is 6.49. The molecule has 2 rings (SSSR count). The van der Waals surface area contributed by atoms with Crippen molar-refractivity contribution in [2.24, 2.45) is 11.7 Å². The maximum absolute atomic E-state index is 11.1. The summed E-state index contributed by atoms with van der Waals surface area (Å²) in [4.78, 5) is 13.2. The summed E-state index contributed by atoms with van der Waals surface area (Å²) < 4.78 is 0. The van der Waals surface area contributed by atoms with Crippen molar-refractivity contribution in [2.45, 2.75) is 25.8 Å². The first-order valence-corrected chi connectivity index (χ1v) is 6.49. The van der Waals surface area contributed by atoms with E-state index in [4.69, 9.17) is 11.5 Å². The zero-order valence-electron chi connectivity index (χ0n) is 10.6. The molecule has 0 atom stereocenters. The SMILES string of the molecule is NC(=O)CN(CCC1CC1)Cc1ccccc1N. The molecule has 98 valence electrons. The van der Waals surface area contributed by atoms with Crippen LogP contribution in [0.1, 0.15) is 24.8 Å². The number of nitrogens with zero attached hydrogens (tertiary/aromatic N) is 1. The number of para-hydroxylation sites is 1. The number of carbonyl (C=O) groups is 1. The second-order valence-corrected chi connectivity index (χ2v) is 5.11. The van der Waals surface area contributed by atoms with Gasteiger partial charge in [-0.3, -0.25) is 9.69 Å². The fourth-order valence-corrected chi connectivity index (χ4v) is 2.13. The van der Waals surface area contributed by atoms with Crippen LogP contribution in [0.4, 0.5) is 5.69 Å². The fraction of sp³-hybridized carbons (Fsp3) is 0.500. The van der Waals surface area contributed by atoms with Crippen LogP contribution in [-0.4, -0.2) is 23.9 Å². The smallest absolute Gasteiger partial charge is 0.231 e. The summed E-state index contributed by atoms with van der Waals surface area (Å²) >= 11 is 0. The van der Waals surface area contributed by atoms with Crippen LogP contribution in [0.5, 0.6) is 0 Å². The monoisotopic (exact) mass is 247 g/mol. The van der Waals surface area contributed by atoms with Gasteiger partial charge < -0.3 is 11.5 Å². The van der Waals surface area contributed by atoms with Gasteiger partial charge >= 0.3 is 0 Å². The number of primary amides is 1. The number of amides is 1. The molecule has 0 aromatic heterocycles. The highest BCUT2D eigenvalue weighted by atomic mass is 16.1. The number of hydrogen-bond donors (Lipinski definition) is 2. The normalized spacial score (nSPS) is 14.9. The molecule has 0 radical (unpaired) electrons. The average Bonchev–Trinajstić information content (AvgIpc) is 3.12. The maximum atomic E-state index is 11.1. The molecule has 1 fully saturated rings. The standard InChI is InChI=1S/C14H21N3O/c15-13-4-2-1-3-12(13)9-17(10-14(16)18)8-7-11-5-6-11/h1-4,11H,5-10,15H2,(H2,16,18). The zero-order chi connectivity index (χ0) is 13.0. The number of rotatable bonds is 7. The summed E-state index contributed by atoms with van der Waals surface area (Å²) in [5.74, 6) is 0.578. The second kappa shape index (κ2) is 5.87. The van der Waals surface area contributed by atoms with Crippen molar-refractivity contribution in [1.29, 1.82) is 0 Å². The summed E-state index contributed by atoms with van der Waals surface area (Å²) in [5.41, 5.74) is 13.1. The molecule has 4 nitrogen and oxygen atoms in total. The summed E-state index contributed by atoms with van der Waals surface area (Å²) in [6, 6.07) is 7.77. The van der Waals surface area contributed by atoms with Crippen molar-refractivity contribution in [3.8, 4) is 0 Å². The van der Waals surface area contributed by atoms with Crippen molar-refractivity contribution >= 4 is 11.6 Å². The molecule has 0 aliphatic heterocycles. The molecule has 0 spiro atoms. The third-order valence-corrected chi connectivity index (χ3v) is 3.38. The number of hydrogen-bond acceptors (Lipinski definition) is 3. The molecule has 18 heavy (non-hydrogen) atoms. The fourth-order valence-electron chi connectivity index (χ4n) is 2.13. The molecule has 4 N–H and O–H groups in total. The van der Waals surface area contributed by atoms with Gasteiger partial charge in [0.15, 0.2) is 0 Å². The maximum Gasteiger partial charge on any atom is 0.231 e. The second-order valence-electron chi connectivity index (χ2n) is 5.11. The lowest BCUT2D eigenvalue weighted by Crippen LogP contribution is -2.34. The Morgan fingerprint density at radius 2 is 2.06 bits per heavy atom. The van der Waals surface area contributed by atoms with Crippen molar-refractivity contribution in [3.63, 3.8) is 0 Å². The summed E-state index contributed by atoms with van der Waals surface area (Å²) in [6.07, 6.45) is 3.82. The van der Waals surface area contributed by atoms with Gasteiger partial charge in [-0.1, -0.05) is 31.0 Å². The largest absolute Gasteiger partial charge is 0.398 e. The predicted molar refractivity (Wildman–Crippen MR) is 72.7 cm³/mol. The highest BCUT2D eigenvalue weighted by Gasteiger charge is 2.22. The molecular weight excluding hydrogens is 226 g/mol. The number of nitrogens with two attached hydrogens (primary N) is 2. The topological polar surface area (TPSA) is 72.4 Å². The number of anilines is 1. The van der Waals surface area contributed by atoms with Gasteiger partial charge in [0.05, 0.1) is 6.54 Å². The number of carbonyl (C=O) groups excluding carboxylic acids is 1. The number of nitrogen functional groups attached to an aromatic ring is 1. The van der Waals surface area contributed by atoms with Gasteiger partial charge in [0.25, 0.3) is 0 Å². The van der Waals surface area contributed by atoms with Crippen molar-refractivity contribution in [3.05, 3.63) is 29.8 Å². The minimum Gasteiger partial charge on any atom is -0.398 e. The first kappa shape index (κ1) is 12.9. The van der Waals surface area contributed by atoms with E-state index >= 15 is 0 Å². The Labute approximate surface area is 108 Å². The molecule has 0 heterocycles. The van der Waals surface area contributed by atoms with Crippen LogP contribution in [0.2, 0.25) is 0 Å². The third kappa shape index (κ3) is 4.04. The molecular formula is C14H21N3O. The molecule has 1 amide bonds.